The fraction of sp³-hybridized carbons (Fsp3) is 0.302. The summed E-state index contributed by atoms with van der Waals surface area (Å²) in [5.41, 5.74) is 16.5. The number of amidine groups is 2. The van der Waals surface area contributed by atoms with E-state index >= 15 is 0 Å². The molecule has 7 unspecified atom stereocenters. The topological polar surface area (TPSA) is 46.6 Å². The lowest BCUT2D eigenvalue weighted by molar-refractivity contribution is 0.369. The number of rotatable bonds is 6. The van der Waals surface area contributed by atoms with Crippen molar-refractivity contribution in [3.05, 3.63) is 197 Å². The van der Waals surface area contributed by atoms with E-state index < -0.39 is 0 Å². The minimum absolute atomic E-state index is 0.210. The van der Waals surface area contributed by atoms with E-state index in [0.29, 0.717) is 23.7 Å². The van der Waals surface area contributed by atoms with Crippen LogP contribution >= 0.6 is 0 Å². The molecule has 336 valence electrons. The Morgan fingerprint density at radius 1 is 0.588 bits per heavy atom. The van der Waals surface area contributed by atoms with Gasteiger partial charge in [0.05, 0.1) is 11.6 Å². The average Bonchev–Trinajstić information content (AvgIpc) is 3.92. The minimum Gasteiger partial charge on any atom is -0.341 e. The number of benzene rings is 4. The van der Waals surface area contributed by atoms with Crippen molar-refractivity contribution in [2.24, 2.45) is 33.7 Å². The Balaban J connectivity index is 0.883. The molecule has 4 aromatic carbocycles. The zero-order chi connectivity index (χ0) is 44.7. The fourth-order valence-corrected chi connectivity index (χ4v) is 13.7. The summed E-state index contributed by atoms with van der Waals surface area (Å²) in [7, 11) is 0. The van der Waals surface area contributed by atoms with Crippen LogP contribution < -0.4 is 5.32 Å². The number of aromatic nitrogens is 2. The Kier molecular flexibility index (Phi) is 9.80. The smallest absolute Gasteiger partial charge is 0.165 e. The van der Waals surface area contributed by atoms with Crippen LogP contribution in [0.5, 0.6) is 0 Å². The molecule has 14 rings (SSSR count). The van der Waals surface area contributed by atoms with Gasteiger partial charge in [-0.3, -0.25) is 0 Å². The maximum atomic E-state index is 5.60. The van der Waals surface area contributed by atoms with Crippen LogP contribution in [0, 0.1) is 23.7 Å². The normalized spacial score (nSPS) is 26.7. The molecule has 0 amide bonds. The van der Waals surface area contributed by atoms with Crippen LogP contribution in [0.4, 0.5) is 0 Å². The number of aliphatic imine (C=N–C) groups is 2. The third kappa shape index (κ3) is 6.78. The second-order valence-electron chi connectivity index (χ2n) is 20.8. The van der Waals surface area contributed by atoms with Gasteiger partial charge >= 0.3 is 0 Å². The van der Waals surface area contributed by atoms with E-state index in [1.807, 2.05) is 0 Å². The molecule has 0 spiro atoms. The molecule has 0 fully saturated rings. The molecule has 0 saturated heterocycles. The molecule has 0 radical (unpaired) electrons. The van der Waals surface area contributed by atoms with E-state index in [2.05, 4.69) is 178 Å². The first kappa shape index (κ1) is 40.4. The second kappa shape index (κ2) is 16.5. The number of hydrogen-bond acceptors (Lipinski definition) is 3. The predicted molar refractivity (Wildman–Crippen MR) is 283 cm³/mol. The standard InChI is InChI=1S/C63H59N5/c1-2-14-40(15-3-1)44-21-12-22-47(34-44)61-64-62(66-63(65-61)49-29-28-41-16-4-5-18-43(41)35-49)48-23-13-24-50(36-48)68-58-38-46-20-7-6-19-45(46)37-55(58)53-32-31-51(39-59(53)68)67-56-27-11-10-26-54(56)60-52-25-9-8-17-42(52)30-33-57(60)67/h1-3,5-8,10,12,14-15,17-22,24,26,28-29,31-32,34,36-38,41-43,49,51-52,62H,4,9,11,13,16,23,25,27,30,33,35,39H2,(H,64,65,66). The summed E-state index contributed by atoms with van der Waals surface area (Å²) in [5, 5.41) is 7.75. The van der Waals surface area contributed by atoms with Crippen molar-refractivity contribution in [1.29, 1.82) is 0 Å². The van der Waals surface area contributed by atoms with Crippen LogP contribution in [-0.2, 0) is 19.3 Å². The van der Waals surface area contributed by atoms with E-state index in [1.165, 1.54) is 87.4 Å². The highest BCUT2D eigenvalue weighted by atomic mass is 15.2. The lowest BCUT2D eigenvalue weighted by atomic mass is 9.71. The van der Waals surface area contributed by atoms with Crippen molar-refractivity contribution >= 4 is 51.2 Å². The van der Waals surface area contributed by atoms with Crippen LogP contribution in [0.2, 0.25) is 0 Å². The molecule has 1 aliphatic heterocycles. The van der Waals surface area contributed by atoms with E-state index in [4.69, 9.17) is 9.98 Å². The maximum absolute atomic E-state index is 5.60. The summed E-state index contributed by atoms with van der Waals surface area (Å²) in [4.78, 5) is 11.2. The quantitative estimate of drug-likeness (QED) is 0.166. The van der Waals surface area contributed by atoms with Crippen LogP contribution in [0.25, 0.3) is 50.7 Å². The molecule has 5 nitrogen and oxygen atoms in total. The molecular weight excluding hydrogens is 827 g/mol. The highest BCUT2D eigenvalue weighted by Crippen LogP contribution is 2.50. The molecule has 1 N–H and O–H groups in total. The van der Waals surface area contributed by atoms with Crippen LogP contribution in [0.1, 0.15) is 109 Å². The van der Waals surface area contributed by atoms with Crippen LogP contribution in [-0.4, -0.2) is 27.0 Å². The monoisotopic (exact) mass is 885 g/mol. The van der Waals surface area contributed by atoms with Gasteiger partial charge in [0.1, 0.15) is 11.7 Å². The molecule has 3 heterocycles. The third-order valence-corrected chi connectivity index (χ3v) is 16.9. The van der Waals surface area contributed by atoms with Gasteiger partial charge in [-0.2, -0.15) is 0 Å². The number of hydrogen-bond donors (Lipinski definition) is 1. The molecule has 8 aliphatic rings. The van der Waals surface area contributed by atoms with Gasteiger partial charge < -0.3 is 14.5 Å². The highest BCUT2D eigenvalue weighted by Gasteiger charge is 2.39. The van der Waals surface area contributed by atoms with Gasteiger partial charge in [-0.05, 0) is 157 Å². The Morgan fingerprint density at radius 2 is 1.43 bits per heavy atom. The van der Waals surface area contributed by atoms with Gasteiger partial charge in [0, 0.05) is 51.6 Å². The zero-order valence-corrected chi connectivity index (χ0v) is 38.9. The first-order chi connectivity index (χ1) is 33.7. The summed E-state index contributed by atoms with van der Waals surface area (Å²) < 4.78 is 5.49. The Morgan fingerprint density at radius 3 is 2.35 bits per heavy atom. The van der Waals surface area contributed by atoms with Gasteiger partial charge in [0.15, 0.2) is 6.17 Å². The van der Waals surface area contributed by atoms with Crippen molar-refractivity contribution in [3.8, 4) is 11.1 Å². The molecule has 5 heteroatoms. The predicted octanol–water partition coefficient (Wildman–Crippen LogP) is 14.5. The Hall–Kier alpha value is -6.72. The number of fused-ring (bicyclic) bond motifs is 10. The molecule has 6 aromatic rings. The summed E-state index contributed by atoms with van der Waals surface area (Å²) in [6.07, 6.45) is 42.9. The third-order valence-electron chi connectivity index (χ3n) is 16.9. The van der Waals surface area contributed by atoms with E-state index in [1.54, 1.807) is 22.5 Å². The van der Waals surface area contributed by atoms with E-state index in [0.717, 1.165) is 62.2 Å². The van der Waals surface area contributed by atoms with Crippen molar-refractivity contribution in [1.82, 2.24) is 14.5 Å². The highest BCUT2D eigenvalue weighted by molar-refractivity contribution is 6.12. The molecule has 0 bridgehead atoms. The minimum atomic E-state index is -0.311. The molecular formula is C63H59N5. The van der Waals surface area contributed by atoms with Crippen molar-refractivity contribution in [2.75, 3.05) is 0 Å². The Labute approximate surface area is 400 Å². The van der Waals surface area contributed by atoms with Gasteiger partial charge in [0.25, 0.3) is 0 Å². The number of nitrogens with zero attached hydrogens (tertiary/aromatic N) is 4. The van der Waals surface area contributed by atoms with Crippen molar-refractivity contribution < 1.29 is 0 Å². The zero-order valence-electron chi connectivity index (χ0n) is 38.9. The molecule has 2 aromatic heterocycles. The summed E-state index contributed by atoms with van der Waals surface area (Å²) >= 11 is 0. The van der Waals surface area contributed by atoms with E-state index in [9.17, 15) is 0 Å². The fourth-order valence-electron chi connectivity index (χ4n) is 13.7. The lowest BCUT2D eigenvalue weighted by Crippen LogP contribution is -2.42. The van der Waals surface area contributed by atoms with Crippen LogP contribution in [0.15, 0.2) is 167 Å². The first-order valence-corrected chi connectivity index (χ1v) is 25.9. The maximum Gasteiger partial charge on any atom is 0.165 e. The average molecular weight is 886 g/mol. The van der Waals surface area contributed by atoms with Gasteiger partial charge in [-0.25, -0.2) is 9.98 Å². The molecule has 7 aliphatic carbocycles. The Bertz CT molecular complexity index is 3320. The van der Waals surface area contributed by atoms with Gasteiger partial charge in [0.2, 0.25) is 0 Å². The largest absolute Gasteiger partial charge is 0.341 e. The number of allylic oxidation sites excluding steroid dienone is 10. The molecule has 0 saturated carbocycles. The molecule has 7 atom stereocenters. The summed E-state index contributed by atoms with van der Waals surface area (Å²) in [5.74, 6) is 4.67. The molecule has 68 heavy (non-hydrogen) atoms. The van der Waals surface area contributed by atoms with Gasteiger partial charge in [-0.15, -0.1) is 0 Å². The van der Waals surface area contributed by atoms with Gasteiger partial charge in [-0.1, -0.05) is 140 Å². The summed E-state index contributed by atoms with van der Waals surface area (Å²) in [6, 6.07) is 33.7. The van der Waals surface area contributed by atoms with Crippen molar-refractivity contribution in [3.63, 3.8) is 0 Å². The summed E-state index contributed by atoms with van der Waals surface area (Å²) in [6.45, 7) is 0. The SMILES string of the molecule is C1=Cc2c3c(n(C4C=Cc5c(n(C6=CCCC(C7N=C(c8cccc(-c9ccccc9)c8)NC(C8C=CC9CCC=CC9C8)=N7)=C6)c6cc7ccccc7cc56)C4)c2CC1)CCC1C=CCCC31. The van der Waals surface area contributed by atoms with Crippen LogP contribution in [0.3, 0.4) is 0 Å². The second-order valence-corrected chi connectivity index (χ2v) is 20.8. The lowest BCUT2D eigenvalue weighted by Gasteiger charge is -2.35. The van der Waals surface area contributed by atoms with E-state index in [-0.39, 0.29) is 18.1 Å². The number of nitrogens with one attached hydrogen (secondary N) is 1. The van der Waals surface area contributed by atoms with Crippen molar-refractivity contribution in [2.45, 2.75) is 95.2 Å². The first-order valence-electron chi connectivity index (χ1n) is 25.9.